The predicted molar refractivity (Wildman–Crippen MR) is 115 cm³/mol. The van der Waals surface area contributed by atoms with Gasteiger partial charge in [0.15, 0.2) is 11.7 Å². The van der Waals surface area contributed by atoms with Gasteiger partial charge in [0, 0.05) is 58.3 Å². The first kappa shape index (κ1) is 23.3. The number of benzene rings is 1. The topological polar surface area (TPSA) is 54.7 Å². The van der Waals surface area contributed by atoms with Crippen LogP contribution in [-0.2, 0) is 19.8 Å². The van der Waals surface area contributed by atoms with E-state index in [2.05, 4.69) is 15.4 Å². The highest BCUT2D eigenvalue weighted by Crippen LogP contribution is 2.30. The number of nitrogens with zero attached hydrogens (tertiary/aromatic N) is 4. The smallest absolute Gasteiger partial charge is 0.435 e. The van der Waals surface area contributed by atoms with Gasteiger partial charge < -0.3 is 15.0 Å². The van der Waals surface area contributed by atoms with Crippen molar-refractivity contribution in [1.82, 2.24) is 20.0 Å². The summed E-state index contributed by atoms with van der Waals surface area (Å²) >= 11 is 0. The Morgan fingerprint density at radius 1 is 1.24 bits per heavy atom. The van der Waals surface area contributed by atoms with Crippen LogP contribution in [0.5, 0.6) is 5.75 Å². The molecular formula is C19H25F3IN5O. The van der Waals surface area contributed by atoms with E-state index in [9.17, 15) is 13.2 Å². The molecule has 0 amide bonds. The fourth-order valence-corrected chi connectivity index (χ4v) is 3.29. The van der Waals surface area contributed by atoms with E-state index >= 15 is 0 Å². The van der Waals surface area contributed by atoms with E-state index in [1.807, 2.05) is 35.2 Å². The maximum Gasteiger partial charge on any atom is 0.435 e. The number of rotatable bonds is 4. The summed E-state index contributed by atoms with van der Waals surface area (Å²) in [6.07, 6.45) is -1.35. The number of aliphatic imine (C=N–C) groups is 1. The maximum absolute atomic E-state index is 13.1. The number of guanidine groups is 1. The van der Waals surface area contributed by atoms with Gasteiger partial charge in [-0.25, -0.2) is 0 Å². The first-order chi connectivity index (χ1) is 13.4. The minimum absolute atomic E-state index is 0. The lowest BCUT2D eigenvalue weighted by Crippen LogP contribution is -2.47. The lowest BCUT2D eigenvalue weighted by molar-refractivity contribution is -0.142. The second-order valence-electron chi connectivity index (χ2n) is 6.69. The average Bonchev–Trinajstić information content (AvgIpc) is 3.05. The third kappa shape index (κ3) is 6.25. The van der Waals surface area contributed by atoms with Crippen LogP contribution in [0.4, 0.5) is 13.2 Å². The van der Waals surface area contributed by atoms with Gasteiger partial charge in [0.2, 0.25) is 0 Å². The van der Waals surface area contributed by atoms with E-state index in [-0.39, 0.29) is 42.2 Å². The van der Waals surface area contributed by atoms with Gasteiger partial charge >= 0.3 is 6.18 Å². The van der Waals surface area contributed by atoms with E-state index in [1.165, 1.54) is 17.9 Å². The molecule has 29 heavy (non-hydrogen) atoms. The molecule has 1 fully saturated rings. The summed E-state index contributed by atoms with van der Waals surface area (Å²) in [6.45, 7) is 1.45. The molecule has 160 valence electrons. The summed E-state index contributed by atoms with van der Waals surface area (Å²) < 4.78 is 46.4. The number of para-hydroxylation sites is 1. The number of halogens is 4. The van der Waals surface area contributed by atoms with Crippen molar-refractivity contribution < 1.29 is 17.9 Å². The van der Waals surface area contributed by atoms with Crippen molar-refractivity contribution in [2.75, 3.05) is 20.1 Å². The minimum atomic E-state index is -4.48. The second kappa shape index (κ2) is 10.2. The molecule has 0 spiro atoms. The molecule has 6 nitrogen and oxygen atoms in total. The monoisotopic (exact) mass is 523 g/mol. The molecule has 0 aliphatic carbocycles. The Morgan fingerprint density at radius 3 is 2.48 bits per heavy atom. The lowest BCUT2D eigenvalue weighted by atomic mass is 10.1. The van der Waals surface area contributed by atoms with Crippen LogP contribution in [-0.4, -0.2) is 46.9 Å². The van der Waals surface area contributed by atoms with E-state index in [4.69, 9.17) is 4.74 Å². The van der Waals surface area contributed by atoms with Gasteiger partial charge in [-0.2, -0.15) is 18.3 Å². The Morgan fingerprint density at radius 2 is 1.90 bits per heavy atom. The summed E-state index contributed by atoms with van der Waals surface area (Å²) in [6, 6.07) is 9.67. The zero-order valence-corrected chi connectivity index (χ0v) is 18.6. The van der Waals surface area contributed by atoms with E-state index in [1.54, 1.807) is 7.05 Å². The van der Waals surface area contributed by atoms with Crippen LogP contribution >= 0.6 is 24.0 Å². The van der Waals surface area contributed by atoms with Gasteiger partial charge in [0.05, 0.1) is 0 Å². The number of nitrogens with one attached hydrogen (secondary N) is 1. The van der Waals surface area contributed by atoms with Crippen molar-refractivity contribution in [3.05, 3.63) is 47.8 Å². The molecule has 2 heterocycles. The number of hydrogen-bond acceptors (Lipinski definition) is 3. The zero-order chi connectivity index (χ0) is 20.1. The number of aromatic nitrogens is 2. The number of alkyl halides is 3. The van der Waals surface area contributed by atoms with Crippen LogP contribution in [0, 0.1) is 0 Å². The minimum Gasteiger partial charge on any atom is -0.490 e. The van der Waals surface area contributed by atoms with Crippen molar-refractivity contribution in [3.8, 4) is 5.75 Å². The highest BCUT2D eigenvalue weighted by molar-refractivity contribution is 14.0. The average molecular weight is 523 g/mol. The van der Waals surface area contributed by atoms with Crippen molar-refractivity contribution in [2.45, 2.75) is 31.7 Å². The Hall–Kier alpha value is -1.98. The summed E-state index contributed by atoms with van der Waals surface area (Å²) in [5.41, 5.74) is -0.772. The van der Waals surface area contributed by atoms with Gasteiger partial charge in [0.25, 0.3) is 0 Å². The number of likely N-dealkylation sites (tertiary alicyclic amines) is 1. The fraction of sp³-hybridized carbons (Fsp3) is 0.474. The van der Waals surface area contributed by atoms with Crippen LogP contribution in [0.15, 0.2) is 41.5 Å². The Labute approximate surface area is 185 Å². The first-order valence-electron chi connectivity index (χ1n) is 9.14. The third-order valence-corrected chi connectivity index (χ3v) is 4.61. The summed E-state index contributed by atoms with van der Waals surface area (Å²) in [5.74, 6) is 1.43. The number of ether oxygens (including phenoxy) is 1. The highest BCUT2D eigenvalue weighted by Gasteiger charge is 2.37. The van der Waals surface area contributed by atoms with Crippen LogP contribution in [0.1, 0.15) is 24.1 Å². The molecule has 0 atom stereocenters. The van der Waals surface area contributed by atoms with Crippen LogP contribution < -0.4 is 10.1 Å². The largest absolute Gasteiger partial charge is 0.490 e. The first-order valence-corrected chi connectivity index (χ1v) is 9.14. The van der Waals surface area contributed by atoms with Crippen LogP contribution in [0.2, 0.25) is 0 Å². The SMILES string of the molecule is CN=C(NCc1cn(C)nc1C(F)(F)F)N1CCC(Oc2ccccc2)CC1.I. The fourth-order valence-electron chi connectivity index (χ4n) is 3.29. The van der Waals surface area contributed by atoms with Gasteiger partial charge in [-0.15, -0.1) is 24.0 Å². The Balaban J connectivity index is 0.00000300. The standard InChI is InChI=1S/C19H24F3N5O.HI/c1-23-18(24-12-14-13-26(2)25-17(14)19(20,21)22)27-10-8-16(9-11-27)28-15-6-4-3-5-7-15;/h3-7,13,16H,8-12H2,1-2H3,(H,23,24);1H. The number of aryl methyl sites for hydroxylation is 1. The molecule has 0 unspecified atom stereocenters. The van der Waals surface area contributed by atoms with E-state index in [0.717, 1.165) is 31.7 Å². The molecule has 1 aromatic carbocycles. The summed E-state index contributed by atoms with van der Waals surface area (Å²) in [4.78, 5) is 6.25. The summed E-state index contributed by atoms with van der Waals surface area (Å²) in [7, 11) is 3.11. The number of hydrogen-bond donors (Lipinski definition) is 1. The van der Waals surface area contributed by atoms with Gasteiger partial charge in [0.1, 0.15) is 11.9 Å². The van der Waals surface area contributed by atoms with Gasteiger partial charge in [-0.1, -0.05) is 18.2 Å². The Bertz CT molecular complexity index is 802. The quantitative estimate of drug-likeness (QED) is 0.378. The second-order valence-corrected chi connectivity index (χ2v) is 6.69. The third-order valence-electron chi connectivity index (χ3n) is 4.61. The predicted octanol–water partition coefficient (Wildman–Crippen LogP) is 3.68. The maximum atomic E-state index is 13.1. The van der Waals surface area contributed by atoms with Crippen molar-refractivity contribution in [2.24, 2.45) is 12.0 Å². The number of piperidine rings is 1. The molecule has 2 aromatic rings. The van der Waals surface area contributed by atoms with Crippen molar-refractivity contribution in [1.29, 1.82) is 0 Å². The molecule has 0 radical (unpaired) electrons. The molecule has 1 aliphatic rings. The lowest BCUT2D eigenvalue weighted by Gasteiger charge is -2.34. The van der Waals surface area contributed by atoms with Gasteiger partial charge in [-0.3, -0.25) is 9.67 Å². The summed E-state index contributed by atoms with van der Waals surface area (Å²) in [5, 5.41) is 6.56. The molecule has 1 aromatic heterocycles. The van der Waals surface area contributed by atoms with E-state index < -0.39 is 11.9 Å². The molecule has 0 bridgehead atoms. The Kier molecular flexibility index (Phi) is 8.17. The van der Waals surface area contributed by atoms with Gasteiger partial charge in [-0.05, 0) is 12.1 Å². The molecular weight excluding hydrogens is 498 g/mol. The molecule has 10 heteroatoms. The highest BCUT2D eigenvalue weighted by atomic mass is 127. The molecule has 0 saturated carbocycles. The van der Waals surface area contributed by atoms with Crippen LogP contribution in [0.25, 0.3) is 0 Å². The molecule has 3 rings (SSSR count). The van der Waals surface area contributed by atoms with Crippen molar-refractivity contribution in [3.63, 3.8) is 0 Å². The zero-order valence-electron chi connectivity index (χ0n) is 16.3. The van der Waals surface area contributed by atoms with Crippen molar-refractivity contribution >= 4 is 29.9 Å². The molecule has 1 aliphatic heterocycles. The normalized spacial score (nSPS) is 15.8. The molecule has 1 saturated heterocycles. The van der Waals surface area contributed by atoms with Crippen LogP contribution in [0.3, 0.4) is 0 Å². The molecule has 1 N–H and O–H groups in total. The van der Waals surface area contributed by atoms with E-state index in [0.29, 0.717) is 5.96 Å².